The smallest absolute Gasteiger partial charge is 0.305 e. The average Bonchev–Trinajstić information content (AvgIpc) is 2.72. The molecule has 3 fully saturated rings. The van der Waals surface area contributed by atoms with Crippen LogP contribution in [0.2, 0.25) is 0 Å². The molecule has 5 atom stereocenters. The van der Waals surface area contributed by atoms with Crippen LogP contribution >= 0.6 is 15.9 Å². The summed E-state index contributed by atoms with van der Waals surface area (Å²) in [6, 6.07) is 7.54. The number of halogens is 1. The number of methoxy groups -OCH3 is 1. The molecule has 2 bridgehead atoms. The van der Waals surface area contributed by atoms with Gasteiger partial charge >= 0.3 is 5.97 Å². The van der Waals surface area contributed by atoms with Crippen molar-refractivity contribution in [2.24, 2.45) is 23.2 Å². The minimum absolute atomic E-state index is 0.157. The topological polar surface area (TPSA) is 64.6 Å². The number of benzene rings is 1. The van der Waals surface area contributed by atoms with Crippen molar-refractivity contribution in [3.63, 3.8) is 0 Å². The second kappa shape index (κ2) is 10.4. The van der Waals surface area contributed by atoms with Gasteiger partial charge in [-0.25, -0.2) is 4.72 Å². The largest absolute Gasteiger partial charge is 0.469 e. The molecule has 2 unspecified atom stereocenters. The predicted octanol–water partition coefficient (Wildman–Crippen LogP) is 5.34. The van der Waals surface area contributed by atoms with Crippen LogP contribution in [0.25, 0.3) is 0 Å². The van der Waals surface area contributed by atoms with Gasteiger partial charge < -0.3 is 8.92 Å². The lowest BCUT2D eigenvalue weighted by molar-refractivity contribution is -0.140. The third-order valence-corrected chi connectivity index (χ3v) is 8.27. The highest BCUT2D eigenvalue weighted by molar-refractivity contribution is 9.10. The number of ether oxygens (including phenoxy) is 1. The summed E-state index contributed by atoms with van der Waals surface area (Å²) in [6.07, 6.45) is 9.75. The lowest BCUT2D eigenvalue weighted by Crippen LogP contribution is -2.61. The minimum atomic E-state index is -1.57. The lowest BCUT2D eigenvalue weighted by atomic mass is 9.44. The Balaban J connectivity index is 1.55. The first-order chi connectivity index (χ1) is 14.3. The maximum atomic E-state index is 12.6. The van der Waals surface area contributed by atoms with Gasteiger partial charge in [0.25, 0.3) is 11.3 Å². The third-order valence-electron chi connectivity index (χ3n) is 6.91. The van der Waals surface area contributed by atoms with E-state index in [1.165, 1.54) is 13.5 Å². The summed E-state index contributed by atoms with van der Waals surface area (Å²) in [5.74, 6) is 2.16. The van der Waals surface area contributed by atoms with Crippen LogP contribution in [0, 0.1) is 23.2 Å². The first-order valence-electron chi connectivity index (χ1n) is 10.6. The van der Waals surface area contributed by atoms with Gasteiger partial charge in [0.15, 0.2) is 0 Å². The summed E-state index contributed by atoms with van der Waals surface area (Å²) in [4.78, 5) is 11.2. The quantitative estimate of drug-likeness (QED) is 0.269. The molecule has 30 heavy (non-hydrogen) atoms. The number of carbonyl (C=O) groups is 1. The maximum Gasteiger partial charge on any atom is 0.305 e. The molecule has 0 aromatic heterocycles. The second-order valence-electron chi connectivity index (χ2n) is 8.93. The van der Waals surface area contributed by atoms with Crippen LogP contribution in [-0.4, -0.2) is 23.3 Å². The van der Waals surface area contributed by atoms with Crippen LogP contribution in [0.5, 0.6) is 5.75 Å². The van der Waals surface area contributed by atoms with E-state index >= 15 is 0 Å². The number of allylic oxidation sites excluding steroid dienone is 2. The summed E-state index contributed by atoms with van der Waals surface area (Å²) in [7, 11) is 1.42. The summed E-state index contributed by atoms with van der Waals surface area (Å²) in [5, 5.41) is 0. The Hall–Kier alpha value is -1.18. The van der Waals surface area contributed by atoms with Crippen LogP contribution < -0.4 is 8.91 Å². The SMILES string of the molecule is COC(=O)CCCC=CC[C@@H]1C(NS(=O)Oc2ccc(Br)cc2)C[C@H]2C[C@@H]1C2(C)C. The molecule has 7 heteroatoms. The van der Waals surface area contributed by atoms with Crippen molar-refractivity contribution in [1.29, 1.82) is 0 Å². The average molecular weight is 498 g/mol. The number of nitrogens with one attached hydrogen (secondary N) is 1. The van der Waals surface area contributed by atoms with E-state index in [1.54, 1.807) is 12.1 Å². The predicted molar refractivity (Wildman–Crippen MR) is 123 cm³/mol. The molecule has 0 aliphatic heterocycles. The zero-order valence-electron chi connectivity index (χ0n) is 17.9. The number of carbonyl (C=O) groups excluding carboxylic acids is 1. The van der Waals surface area contributed by atoms with Crippen LogP contribution in [0.1, 0.15) is 52.4 Å². The fraction of sp³-hybridized carbons (Fsp3) is 0.609. The van der Waals surface area contributed by atoms with Gasteiger partial charge in [0.05, 0.1) is 7.11 Å². The van der Waals surface area contributed by atoms with Crippen molar-refractivity contribution in [1.82, 2.24) is 4.72 Å². The molecular formula is C23H32BrNO4S. The molecule has 0 spiro atoms. The number of rotatable bonds is 10. The van der Waals surface area contributed by atoms with Gasteiger partial charge in [-0.1, -0.05) is 41.9 Å². The Morgan fingerprint density at radius 3 is 2.67 bits per heavy atom. The van der Waals surface area contributed by atoms with Gasteiger partial charge in [-0.15, -0.1) is 0 Å². The van der Waals surface area contributed by atoms with Crippen molar-refractivity contribution < 1.29 is 17.9 Å². The molecule has 166 valence electrons. The van der Waals surface area contributed by atoms with E-state index in [1.807, 2.05) is 12.1 Å². The maximum absolute atomic E-state index is 12.6. The Labute approximate surface area is 190 Å². The first kappa shape index (κ1) is 23.5. The van der Waals surface area contributed by atoms with Gasteiger partial charge in [-0.3, -0.25) is 4.79 Å². The van der Waals surface area contributed by atoms with E-state index < -0.39 is 11.3 Å². The molecule has 3 aliphatic rings. The van der Waals surface area contributed by atoms with Crippen LogP contribution in [0.4, 0.5) is 0 Å². The Bertz CT molecular complexity index is 780. The van der Waals surface area contributed by atoms with Gasteiger partial charge in [-0.2, -0.15) is 4.21 Å². The first-order valence-corrected chi connectivity index (χ1v) is 12.5. The van der Waals surface area contributed by atoms with Crippen LogP contribution in [0.3, 0.4) is 0 Å². The summed E-state index contributed by atoms with van der Waals surface area (Å²) in [6.45, 7) is 4.73. The van der Waals surface area contributed by atoms with Crippen LogP contribution in [0.15, 0.2) is 40.9 Å². The Morgan fingerprint density at radius 1 is 1.27 bits per heavy atom. The molecule has 1 aromatic carbocycles. The van der Waals surface area contributed by atoms with E-state index in [0.29, 0.717) is 35.3 Å². The van der Waals surface area contributed by atoms with E-state index in [0.717, 1.165) is 30.2 Å². The summed E-state index contributed by atoms with van der Waals surface area (Å²) < 4.78 is 27.1. The van der Waals surface area contributed by atoms with Gasteiger partial charge in [0.1, 0.15) is 5.75 Å². The van der Waals surface area contributed by atoms with Gasteiger partial charge in [0.2, 0.25) is 0 Å². The zero-order chi connectivity index (χ0) is 21.7. The summed E-state index contributed by atoms with van der Waals surface area (Å²) >= 11 is 1.82. The molecule has 1 aromatic rings. The molecular weight excluding hydrogens is 466 g/mol. The standard InChI is InChI=1S/C23H32BrNO4S/c1-23(2)16-14-20(23)19(8-6-4-5-7-9-22(26)28-3)21(15-16)25-30(27)29-18-12-10-17(24)11-13-18/h4,6,10-13,16,19-21,25H,5,7-9,14-15H2,1-3H3/t16-,19+,20+,21?,30?/m1/s1. The highest BCUT2D eigenvalue weighted by Gasteiger charge is 2.57. The summed E-state index contributed by atoms with van der Waals surface area (Å²) in [5.41, 5.74) is 0.343. The van der Waals surface area contributed by atoms with Crippen molar-refractivity contribution in [2.75, 3.05) is 7.11 Å². The normalized spacial score (nSPS) is 28.0. The van der Waals surface area contributed by atoms with E-state index in [-0.39, 0.29) is 12.0 Å². The fourth-order valence-electron chi connectivity index (χ4n) is 4.97. The number of esters is 1. The molecule has 0 radical (unpaired) electrons. The highest BCUT2D eigenvalue weighted by atomic mass is 79.9. The number of hydrogen-bond donors (Lipinski definition) is 1. The van der Waals surface area contributed by atoms with Gasteiger partial charge in [-0.05, 0) is 79.5 Å². The molecule has 0 saturated heterocycles. The van der Waals surface area contributed by atoms with Crippen molar-refractivity contribution >= 4 is 33.2 Å². The highest BCUT2D eigenvalue weighted by Crippen LogP contribution is 2.62. The number of fused-ring (bicyclic) bond motifs is 2. The van der Waals surface area contributed by atoms with Crippen LogP contribution in [-0.2, 0) is 20.8 Å². The molecule has 3 aliphatic carbocycles. The fourth-order valence-corrected chi connectivity index (χ4v) is 6.09. The molecule has 5 nitrogen and oxygen atoms in total. The van der Waals surface area contributed by atoms with Gasteiger partial charge in [0, 0.05) is 16.9 Å². The molecule has 1 N–H and O–H groups in total. The molecule has 0 amide bonds. The molecule has 3 saturated carbocycles. The minimum Gasteiger partial charge on any atom is -0.469 e. The van der Waals surface area contributed by atoms with E-state index in [2.05, 4.69) is 51.4 Å². The molecule has 4 rings (SSSR count). The number of unbranched alkanes of at least 4 members (excludes halogenated alkanes) is 1. The van der Waals surface area contributed by atoms with Crippen molar-refractivity contribution in [2.45, 2.75) is 58.4 Å². The second-order valence-corrected chi connectivity index (χ2v) is 10.7. The van der Waals surface area contributed by atoms with E-state index in [4.69, 9.17) is 4.18 Å². The lowest BCUT2D eigenvalue weighted by Gasteiger charge is -2.62. The molecule has 0 heterocycles. The Morgan fingerprint density at radius 2 is 2.00 bits per heavy atom. The zero-order valence-corrected chi connectivity index (χ0v) is 20.3. The van der Waals surface area contributed by atoms with Crippen molar-refractivity contribution in [3.8, 4) is 5.75 Å². The monoisotopic (exact) mass is 497 g/mol. The Kier molecular flexibility index (Phi) is 8.16. The third kappa shape index (κ3) is 5.74. The number of hydrogen-bond acceptors (Lipinski definition) is 4. The van der Waals surface area contributed by atoms with Crippen molar-refractivity contribution in [3.05, 3.63) is 40.9 Å². The van der Waals surface area contributed by atoms with E-state index in [9.17, 15) is 9.00 Å².